The quantitative estimate of drug-likeness (QED) is 0.702. The third-order valence-corrected chi connectivity index (χ3v) is 5.06. The third-order valence-electron chi connectivity index (χ3n) is 2.88. The molecule has 0 amide bonds. The Bertz CT molecular complexity index is 558. The summed E-state index contributed by atoms with van der Waals surface area (Å²) in [6, 6.07) is 6.40. The van der Waals surface area contributed by atoms with Crippen LogP contribution in [0.5, 0.6) is 0 Å². The second kappa shape index (κ2) is 7.68. The molecule has 1 aromatic rings. The lowest BCUT2D eigenvalue weighted by molar-refractivity contribution is 0.252. The van der Waals surface area contributed by atoms with Gasteiger partial charge in [-0.25, -0.2) is 8.42 Å². The van der Waals surface area contributed by atoms with Crippen LogP contribution in [0.25, 0.3) is 0 Å². The Morgan fingerprint density at radius 1 is 1.35 bits per heavy atom. The Hall–Kier alpha value is -1.02. The van der Waals surface area contributed by atoms with Crippen molar-refractivity contribution in [3.63, 3.8) is 0 Å². The minimum Gasteiger partial charge on any atom is -0.395 e. The summed E-state index contributed by atoms with van der Waals surface area (Å²) in [5.41, 5.74) is 5.92. The van der Waals surface area contributed by atoms with Crippen LogP contribution in [-0.2, 0) is 10.0 Å². The van der Waals surface area contributed by atoms with Gasteiger partial charge in [-0.1, -0.05) is 43.8 Å². The molecule has 0 fully saturated rings. The Morgan fingerprint density at radius 2 is 2.00 bits per heavy atom. The van der Waals surface area contributed by atoms with Crippen LogP contribution in [0.1, 0.15) is 25.3 Å². The van der Waals surface area contributed by atoms with Crippen molar-refractivity contribution >= 4 is 27.2 Å². The van der Waals surface area contributed by atoms with Gasteiger partial charge in [-0.3, -0.25) is 0 Å². The first kappa shape index (κ1) is 17.0. The fraction of sp³-hybridized carbons (Fsp3) is 0.462. The minimum absolute atomic E-state index is 0.0450. The van der Waals surface area contributed by atoms with Gasteiger partial charge in [0.1, 0.15) is 4.99 Å². The number of unbranched alkanes of at least 4 members (excludes halogenated alkanes) is 1. The fourth-order valence-corrected chi connectivity index (χ4v) is 3.75. The van der Waals surface area contributed by atoms with Crippen LogP contribution < -0.4 is 5.73 Å². The minimum atomic E-state index is -3.71. The van der Waals surface area contributed by atoms with Crippen molar-refractivity contribution in [1.82, 2.24) is 4.31 Å². The van der Waals surface area contributed by atoms with E-state index in [4.69, 9.17) is 23.1 Å². The van der Waals surface area contributed by atoms with Crippen molar-refractivity contribution in [2.75, 3.05) is 19.7 Å². The monoisotopic (exact) mass is 316 g/mol. The number of nitrogens with zero attached hydrogens (tertiary/aromatic N) is 1. The maximum absolute atomic E-state index is 12.7. The molecule has 0 aliphatic carbocycles. The van der Waals surface area contributed by atoms with Crippen molar-refractivity contribution in [3.05, 3.63) is 29.8 Å². The maximum Gasteiger partial charge on any atom is 0.243 e. The second-order valence-corrected chi connectivity index (χ2v) is 6.69. The van der Waals surface area contributed by atoms with Gasteiger partial charge in [0, 0.05) is 18.7 Å². The van der Waals surface area contributed by atoms with E-state index in [0.717, 1.165) is 12.8 Å². The first-order valence-corrected chi connectivity index (χ1v) is 8.29. The zero-order valence-corrected chi connectivity index (χ0v) is 13.1. The van der Waals surface area contributed by atoms with E-state index in [1.165, 1.54) is 10.4 Å². The molecule has 112 valence electrons. The predicted molar refractivity (Wildman–Crippen MR) is 83.1 cm³/mol. The van der Waals surface area contributed by atoms with Gasteiger partial charge in [-0.15, -0.1) is 0 Å². The molecule has 0 bridgehead atoms. The molecule has 0 heterocycles. The van der Waals surface area contributed by atoms with Crippen LogP contribution in [0, 0.1) is 0 Å². The highest BCUT2D eigenvalue weighted by Gasteiger charge is 2.26. The molecule has 0 radical (unpaired) electrons. The lowest BCUT2D eigenvalue weighted by atomic mass is 10.2. The summed E-state index contributed by atoms with van der Waals surface area (Å²) in [6.07, 6.45) is 1.60. The highest BCUT2D eigenvalue weighted by Crippen LogP contribution is 2.20. The summed E-state index contributed by atoms with van der Waals surface area (Å²) < 4.78 is 26.6. The van der Waals surface area contributed by atoms with E-state index in [2.05, 4.69) is 0 Å². The number of nitrogens with two attached hydrogens (primary N) is 1. The summed E-state index contributed by atoms with van der Waals surface area (Å²) in [7, 11) is -3.71. The van der Waals surface area contributed by atoms with Crippen molar-refractivity contribution in [1.29, 1.82) is 0 Å². The lowest BCUT2D eigenvalue weighted by Gasteiger charge is -2.22. The third kappa shape index (κ3) is 3.99. The first-order valence-electron chi connectivity index (χ1n) is 6.45. The van der Waals surface area contributed by atoms with Gasteiger partial charge in [0.2, 0.25) is 10.0 Å². The van der Waals surface area contributed by atoms with E-state index in [1.807, 2.05) is 6.92 Å². The molecule has 7 heteroatoms. The predicted octanol–water partition coefficient (Wildman–Crippen LogP) is 1.10. The molecule has 0 saturated heterocycles. The molecule has 1 aromatic carbocycles. The summed E-state index contributed by atoms with van der Waals surface area (Å²) in [4.78, 5) is 0.140. The van der Waals surface area contributed by atoms with Crippen molar-refractivity contribution in [3.8, 4) is 0 Å². The van der Waals surface area contributed by atoms with Gasteiger partial charge < -0.3 is 10.8 Å². The highest BCUT2D eigenvalue weighted by atomic mass is 32.2. The molecule has 0 spiro atoms. The van der Waals surface area contributed by atoms with E-state index in [-0.39, 0.29) is 23.0 Å². The van der Waals surface area contributed by atoms with Gasteiger partial charge in [0.05, 0.1) is 11.5 Å². The zero-order chi connectivity index (χ0) is 15.2. The molecule has 0 atom stereocenters. The Labute approximate surface area is 125 Å². The van der Waals surface area contributed by atoms with Crippen molar-refractivity contribution in [2.45, 2.75) is 24.7 Å². The molecule has 0 unspecified atom stereocenters. The zero-order valence-electron chi connectivity index (χ0n) is 11.4. The van der Waals surface area contributed by atoms with Gasteiger partial charge in [0.15, 0.2) is 0 Å². The normalized spacial score (nSPS) is 11.8. The molecule has 0 aromatic heterocycles. The fourth-order valence-electron chi connectivity index (χ4n) is 1.83. The van der Waals surface area contributed by atoms with Gasteiger partial charge in [0.25, 0.3) is 0 Å². The molecule has 0 saturated carbocycles. The highest BCUT2D eigenvalue weighted by molar-refractivity contribution is 7.89. The number of hydrogen-bond donors (Lipinski definition) is 2. The maximum atomic E-state index is 12.7. The second-order valence-electron chi connectivity index (χ2n) is 4.34. The number of benzene rings is 1. The largest absolute Gasteiger partial charge is 0.395 e. The van der Waals surface area contributed by atoms with Crippen LogP contribution in [0.3, 0.4) is 0 Å². The number of rotatable bonds is 8. The van der Waals surface area contributed by atoms with E-state index in [9.17, 15) is 8.42 Å². The molecular weight excluding hydrogens is 296 g/mol. The average Bonchev–Trinajstić information content (AvgIpc) is 2.43. The number of aliphatic hydroxyl groups is 1. The van der Waals surface area contributed by atoms with Crippen LogP contribution in [0.4, 0.5) is 0 Å². The van der Waals surface area contributed by atoms with Gasteiger partial charge in [-0.2, -0.15) is 4.31 Å². The molecule has 0 aliphatic heterocycles. The Kier molecular flexibility index (Phi) is 6.54. The molecule has 1 rings (SSSR count). The van der Waals surface area contributed by atoms with Gasteiger partial charge in [-0.05, 0) is 12.5 Å². The van der Waals surface area contributed by atoms with Crippen molar-refractivity contribution in [2.24, 2.45) is 5.73 Å². The van der Waals surface area contributed by atoms with E-state index >= 15 is 0 Å². The Balaban J connectivity index is 3.22. The van der Waals surface area contributed by atoms with Crippen molar-refractivity contribution < 1.29 is 13.5 Å². The van der Waals surface area contributed by atoms with Crippen LogP contribution >= 0.6 is 12.2 Å². The van der Waals surface area contributed by atoms with Gasteiger partial charge >= 0.3 is 0 Å². The summed E-state index contributed by atoms with van der Waals surface area (Å²) in [5, 5.41) is 9.07. The molecule has 3 N–H and O–H groups in total. The van der Waals surface area contributed by atoms with E-state index < -0.39 is 10.0 Å². The lowest BCUT2D eigenvalue weighted by Crippen LogP contribution is -2.35. The van der Waals surface area contributed by atoms with Crippen LogP contribution in [0.15, 0.2) is 29.2 Å². The van der Waals surface area contributed by atoms with Crippen LogP contribution in [0.2, 0.25) is 0 Å². The number of sulfonamides is 1. The summed E-state index contributed by atoms with van der Waals surface area (Å²) in [6.45, 7) is 2.18. The van der Waals surface area contributed by atoms with Crippen LogP contribution in [-0.4, -0.2) is 42.5 Å². The van der Waals surface area contributed by atoms with E-state index in [0.29, 0.717) is 12.1 Å². The molecular formula is C13H20N2O3S2. The molecule has 0 aliphatic rings. The standard InChI is InChI=1S/C13H20N2O3S2/c1-2-3-8-15(9-10-16)20(17,18)12-7-5-4-6-11(12)13(14)19/h4-7,16H,2-3,8-10H2,1H3,(H2,14,19). The summed E-state index contributed by atoms with van der Waals surface area (Å²) >= 11 is 4.90. The number of thiocarbonyl (C=S) groups is 1. The SMILES string of the molecule is CCCCN(CCO)S(=O)(=O)c1ccccc1C(N)=S. The molecule has 5 nitrogen and oxygen atoms in total. The summed E-state index contributed by atoms with van der Waals surface area (Å²) in [5.74, 6) is 0. The topological polar surface area (TPSA) is 83.6 Å². The smallest absolute Gasteiger partial charge is 0.243 e. The molecule has 20 heavy (non-hydrogen) atoms. The van der Waals surface area contributed by atoms with E-state index in [1.54, 1.807) is 18.2 Å². The number of aliphatic hydroxyl groups excluding tert-OH is 1. The average molecular weight is 316 g/mol. The number of hydrogen-bond acceptors (Lipinski definition) is 4. The Morgan fingerprint density at radius 3 is 2.55 bits per heavy atom. The first-order chi connectivity index (χ1) is 9.45.